The molecule has 0 fully saturated rings. The molecule has 2 aromatic rings. The number of carbonyl (C=O) groups excluding carboxylic acids is 1. The van der Waals surface area contributed by atoms with Crippen molar-refractivity contribution in [2.75, 3.05) is 11.9 Å². The molecule has 106 valence electrons. The van der Waals surface area contributed by atoms with Crippen LogP contribution in [0.25, 0.3) is 0 Å². The Balaban J connectivity index is 1.84. The highest BCUT2D eigenvalue weighted by Gasteiger charge is 2.06. The van der Waals surface area contributed by atoms with Crippen molar-refractivity contribution in [2.45, 2.75) is 13.3 Å². The third-order valence-corrected chi connectivity index (χ3v) is 3.66. The molecule has 2 rings (SSSR count). The molecule has 0 aliphatic rings. The molecule has 0 aliphatic heterocycles. The molecule has 5 nitrogen and oxygen atoms in total. The first-order valence-corrected chi connectivity index (χ1v) is 7.04. The van der Waals surface area contributed by atoms with Crippen molar-refractivity contribution in [3.63, 3.8) is 0 Å². The fourth-order valence-corrected chi connectivity index (χ4v) is 2.42. The molecule has 0 spiro atoms. The lowest BCUT2D eigenvalue weighted by molar-refractivity contribution is 0.252. The Kier molecular flexibility index (Phi) is 4.47. The van der Waals surface area contributed by atoms with Gasteiger partial charge in [0.25, 0.3) is 0 Å². The molecule has 0 aliphatic carbocycles. The Bertz CT molecular complexity index is 597. The first-order chi connectivity index (χ1) is 9.56. The minimum Gasteiger partial charge on any atom is -0.504 e. The van der Waals surface area contributed by atoms with Gasteiger partial charge in [-0.2, -0.15) is 0 Å². The monoisotopic (exact) mass is 292 g/mol. The smallest absolute Gasteiger partial charge is 0.319 e. The van der Waals surface area contributed by atoms with Gasteiger partial charge in [-0.15, -0.1) is 11.3 Å². The minimum absolute atomic E-state index is 0.130. The maximum absolute atomic E-state index is 11.6. The van der Waals surface area contributed by atoms with E-state index < -0.39 is 0 Å². The number of thiophene rings is 1. The van der Waals surface area contributed by atoms with Crippen LogP contribution < -0.4 is 10.6 Å². The molecule has 0 atom stereocenters. The second-order valence-corrected chi connectivity index (χ2v) is 5.32. The number of anilines is 1. The van der Waals surface area contributed by atoms with Gasteiger partial charge in [-0.3, -0.25) is 5.32 Å². The number of rotatable bonds is 4. The summed E-state index contributed by atoms with van der Waals surface area (Å²) in [7, 11) is 0. The fraction of sp³-hybridized carbons (Fsp3) is 0.214. The highest BCUT2D eigenvalue weighted by atomic mass is 32.1. The first kappa shape index (κ1) is 14.2. The molecular weight excluding hydrogens is 276 g/mol. The van der Waals surface area contributed by atoms with Crippen LogP contribution in [0.3, 0.4) is 0 Å². The largest absolute Gasteiger partial charge is 0.504 e. The van der Waals surface area contributed by atoms with Crippen molar-refractivity contribution < 1.29 is 15.0 Å². The van der Waals surface area contributed by atoms with Crippen LogP contribution in [0.2, 0.25) is 0 Å². The van der Waals surface area contributed by atoms with Crippen molar-refractivity contribution >= 4 is 22.4 Å². The Labute approximate surface area is 120 Å². The van der Waals surface area contributed by atoms with Crippen LogP contribution in [0.1, 0.15) is 11.1 Å². The van der Waals surface area contributed by atoms with Gasteiger partial charge in [-0.05, 0) is 54.1 Å². The van der Waals surface area contributed by atoms with Gasteiger partial charge in [-0.25, -0.2) is 4.79 Å². The zero-order valence-corrected chi connectivity index (χ0v) is 11.8. The molecule has 0 unspecified atom stereocenters. The van der Waals surface area contributed by atoms with E-state index in [-0.39, 0.29) is 17.5 Å². The molecule has 6 heteroatoms. The number of phenols is 2. The Morgan fingerprint density at radius 2 is 2.05 bits per heavy atom. The van der Waals surface area contributed by atoms with Crippen LogP contribution in [0.5, 0.6) is 11.5 Å². The zero-order chi connectivity index (χ0) is 14.5. The number of nitrogens with one attached hydrogen (secondary N) is 2. The number of hydrogen-bond donors (Lipinski definition) is 4. The summed E-state index contributed by atoms with van der Waals surface area (Å²) in [6, 6.07) is 6.46. The van der Waals surface area contributed by atoms with Crippen molar-refractivity contribution in [2.24, 2.45) is 0 Å². The van der Waals surface area contributed by atoms with E-state index in [9.17, 15) is 15.0 Å². The van der Waals surface area contributed by atoms with Gasteiger partial charge >= 0.3 is 6.03 Å². The van der Waals surface area contributed by atoms with E-state index in [1.54, 1.807) is 0 Å². The van der Waals surface area contributed by atoms with Crippen LogP contribution in [-0.2, 0) is 6.42 Å². The lowest BCUT2D eigenvalue weighted by atomic mass is 10.0. The van der Waals surface area contributed by atoms with Crippen molar-refractivity contribution in [3.05, 3.63) is 40.8 Å². The van der Waals surface area contributed by atoms with E-state index in [4.69, 9.17) is 0 Å². The topological polar surface area (TPSA) is 81.6 Å². The number of aromatic hydroxyl groups is 2. The molecule has 20 heavy (non-hydrogen) atoms. The summed E-state index contributed by atoms with van der Waals surface area (Å²) in [5.74, 6) is -0.275. The number of benzene rings is 1. The number of urea groups is 1. The van der Waals surface area contributed by atoms with Gasteiger partial charge in [0.1, 0.15) is 0 Å². The number of amides is 2. The molecule has 1 heterocycles. The molecule has 2 amide bonds. The van der Waals surface area contributed by atoms with Crippen LogP contribution in [0.15, 0.2) is 29.6 Å². The fourth-order valence-electron chi connectivity index (χ4n) is 1.81. The van der Waals surface area contributed by atoms with Crippen molar-refractivity contribution in [1.29, 1.82) is 0 Å². The summed E-state index contributed by atoms with van der Waals surface area (Å²) in [4.78, 5) is 11.6. The van der Waals surface area contributed by atoms with E-state index in [1.165, 1.54) is 23.5 Å². The standard InChI is InChI=1S/C14H16N2O3S/c1-9-7-11(17)12(18)8-10(9)4-5-15-14(19)16-13-3-2-6-20-13/h2-3,6-8,17-18H,4-5H2,1H3,(H2,15,16,19). The van der Waals surface area contributed by atoms with Crippen molar-refractivity contribution in [3.8, 4) is 11.5 Å². The number of carbonyl (C=O) groups is 1. The second-order valence-electron chi connectivity index (χ2n) is 4.38. The lowest BCUT2D eigenvalue weighted by Gasteiger charge is -2.09. The zero-order valence-electron chi connectivity index (χ0n) is 11.0. The number of aryl methyl sites for hydroxylation is 1. The Morgan fingerprint density at radius 3 is 2.75 bits per heavy atom. The normalized spacial score (nSPS) is 10.2. The van der Waals surface area contributed by atoms with Gasteiger partial charge < -0.3 is 15.5 Å². The lowest BCUT2D eigenvalue weighted by Crippen LogP contribution is -2.30. The van der Waals surface area contributed by atoms with Gasteiger partial charge in [0.15, 0.2) is 11.5 Å². The summed E-state index contributed by atoms with van der Waals surface area (Å²) in [5, 5.41) is 27.0. The molecule has 0 saturated carbocycles. The molecule has 4 N–H and O–H groups in total. The van der Waals surface area contributed by atoms with Crippen LogP contribution in [-0.4, -0.2) is 22.8 Å². The number of hydrogen-bond acceptors (Lipinski definition) is 4. The SMILES string of the molecule is Cc1cc(O)c(O)cc1CCNC(=O)Nc1cccs1. The summed E-state index contributed by atoms with van der Waals surface area (Å²) in [6.07, 6.45) is 0.581. The highest BCUT2D eigenvalue weighted by molar-refractivity contribution is 7.14. The summed E-state index contributed by atoms with van der Waals surface area (Å²) >= 11 is 1.45. The van der Waals surface area contributed by atoms with E-state index in [0.717, 1.165) is 16.1 Å². The molecule has 0 radical (unpaired) electrons. The summed E-state index contributed by atoms with van der Waals surface area (Å²) in [5.41, 5.74) is 1.76. The number of phenolic OH excluding ortho intramolecular Hbond substituents is 2. The Hall–Kier alpha value is -2.21. The molecule has 1 aromatic heterocycles. The maximum atomic E-state index is 11.6. The summed E-state index contributed by atoms with van der Waals surface area (Å²) < 4.78 is 0. The highest BCUT2D eigenvalue weighted by Crippen LogP contribution is 2.28. The van der Waals surface area contributed by atoms with Gasteiger partial charge in [0.2, 0.25) is 0 Å². The van der Waals surface area contributed by atoms with Crippen LogP contribution in [0.4, 0.5) is 9.80 Å². The van der Waals surface area contributed by atoms with Crippen LogP contribution >= 0.6 is 11.3 Å². The average molecular weight is 292 g/mol. The van der Waals surface area contributed by atoms with E-state index in [2.05, 4.69) is 10.6 Å². The first-order valence-electron chi connectivity index (χ1n) is 6.16. The van der Waals surface area contributed by atoms with E-state index in [1.807, 2.05) is 24.4 Å². The predicted molar refractivity (Wildman–Crippen MR) is 79.6 cm³/mol. The third-order valence-electron chi connectivity index (χ3n) is 2.87. The maximum Gasteiger partial charge on any atom is 0.319 e. The van der Waals surface area contributed by atoms with Gasteiger partial charge in [0, 0.05) is 6.54 Å². The molecule has 0 saturated heterocycles. The second kappa shape index (κ2) is 6.29. The summed E-state index contributed by atoms with van der Waals surface area (Å²) in [6.45, 7) is 2.29. The molecule has 1 aromatic carbocycles. The van der Waals surface area contributed by atoms with E-state index >= 15 is 0 Å². The van der Waals surface area contributed by atoms with Crippen molar-refractivity contribution in [1.82, 2.24) is 5.32 Å². The Morgan fingerprint density at radius 1 is 1.30 bits per heavy atom. The molecule has 0 bridgehead atoms. The average Bonchev–Trinajstić information content (AvgIpc) is 2.88. The van der Waals surface area contributed by atoms with E-state index in [0.29, 0.717) is 13.0 Å². The quantitative estimate of drug-likeness (QED) is 0.654. The van der Waals surface area contributed by atoms with Gasteiger partial charge in [0.05, 0.1) is 5.00 Å². The predicted octanol–water partition coefficient (Wildman–Crippen LogP) is 2.83. The third kappa shape index (κ3) is 3.64. The molecular formula is C14H16N2O3S. The van der Waals surface area contributed by atoms with Gasteiger partial charge in [-0.1, -0.05) is 0 Å². The minimum atomic E-state index is -0.256. The van der Waals surface area contributed by atoms with Crippen LogP contribution in [0, 0.1) is 6.92 Å².